The Morgan fingerprint density at radius 3 is 2.57 bits per heavy atom. The largest absolute Gasteiger partial charge is 0.294 e. The van der Waals surface area contributed by atoms with Crippen LogP contribution in [0.5, 0.6) is 0 Å². The first-order valence-electron chi connectivity index (χ1n) is 4.24. The molecular weight excluding hydrogens is 198 g/mol. The molecule has 0 aliphatic heterocycles. The molecule has 0 radical (unpaired) electrons. The molecule has 2 rings (SSSR count). The van der Waals surface area contributed by atoms with E-state index in [1.807, 2.05) is 24.3 Å². The van der Waals surface area contributed by atoms with Crippen molar-refractivity contribution in [2.45, 2.75) is 6.92 Å². The van der Waals surface area contributed by atoms with Crippen LogP contribution in [0.4, 0.5) is 0 Å². The van der Waals surface area contributed by atoms with Crippen molar-refractivity contribution in [1.29, 1.82) is 0 Å². The van der Waals surface area contributed by atoms with Crippen molar-refractivity contribution in [3.8, 4) is 0 Å². The highest BCUT2D eigenvalue weighted by Crippen LogP contribution is 2.24. The minimum absolute atomic E-state index is 0.00497. The summed E-state index contributed by atoms with van der Waals surface area (Å²) in [5.74, 6) is 0.00497. The molecule has 70 valence electrons. The molecule has 0 N–H and O–H groups in total. The first-order chi connectivity index (χ1) is 6.70. The van der Waals surface area contributed by atoms with Gasteiger partial charge in [-0.1, -0.05) is 35.9 Å². The fraction of sp³-hybridized carbons (Fsp3) is 0.0909. The molecule has 0 bridgehead atoms. The van der Waals surface area contributed by atoms with E-state index in [0.29, 0.717) is 10.7 Å². The van der Waals surface area contributed by atoms with Gasteiger partial charge in [0.05, 0.1) is 0 Å². The lowest BCUT2D eigenvalue weighted by Crippen LogP contribution is -1.95. The van der Waals surface area contributed by atoms with Crippen LogP contribution in [-0.4, -0.2) is 10.8 Å². The molecule has 0 saturated carbocycles. The Morgan fingerprint density at radius 2 is 1.93 bits per heavy atom. The number of pyridine rings is 1. The van der Waals surface area contributed by atoms with Gasteiger partial charge in [-0.05, 0) is 12.3 Å². The summed E-state index contributed by atoms with van der Waals surface area (Å²) in [4.78, 5) is 15.3. The topological polar surface area (TPSA) is 30.0 Å². The number of fused-ring (bicyclic) bond motifs is 1. The summed E-state index contributed by atoms with van der Waals surface area (Å²) in [6, 6.07) is 7.49. The maximum absolute atomic E-state index is 11.3. The van der Waals surface area contributed by atoms with E-state index in [9.17, 15) is 4.79 Å². The Balaban J connectivity index is 2.88. The van der Waals surface area contributed by atoms with Gasteiger partial charge in [0.1, 0.15) is 5.15 Å². The summed E-state index contributed by atoms with van der Waals surface area (Å²) in [6.45, 7) is 1.53. The molecule has 3 heteroatoms. The van der Waals surface area contributed by atoms with E-state index >= 15 is 0 Å². The van der Waals surface area contributed by atoms with Crippen LogP contribution in [0.15, 0.2) is 30.5 Å². The maximum Gasteiger partial charge on any atom is 0.161 e. The van der Waals surface area contributed by atoms with Gasteiger partial charge in [0.25, 0.3) is 0 Å². The Kier molecular flexibility index (Phi) is 2.22. The standard InChI is InChI=1S/C11H8ClNO/c1-7(14)10-6-13-11(12)9-5-3-2-4-8(9)10/h2-6H,1H3. The van der Waals surface area contributed by atoms with E-state index < -0.39 is 0 Å². The number of Topliss-reactive ketones (excluding diaryl/α,β-unsaturated/α-hetero) is 1. The zero-order valence-electron chi connectivity index (χ0n) is 7.62. The molecule has 0 fully saturated rings. The third-order valence-electron chi connectivity index (χ3n) is 2.13. The highest BCUT2D eigenvalue weighted by atomic mass is 35.5. The number of halogens is 1. The van der Waals surface area contributed by atoms with E-state index in [4.69, 9.17) is 11.6 Å². The third-order valence-corrected chi connectivity index (χ3v) is 2.43. The fourth-order valence-corrected chi connectivity index (χ4v) is 1.65. The molecular formula is C11H8ClNO. The molecule has 0 spiro atoms. The molecule has 1 aromatic carbocycles. The molecule has 0 atom stereocenters. The molecule has 2 nitrogen and oxygen atoms in total. The molecule has 0 aliphatic carbocycles. The van der Waals surface area contributed by atoms with Crippen molar-refractivity contribution in [1.82, 2.24) is 4.98 Å². The zero-order valence-corrected chi connectivity index (χ0v) is 8.38. The minimum atomic E-state index is 0.00497. The number of carbonyl (C=O) groups is 1. The van der Waals surface area contributed by atoms with Crippen LogP contribution in [-0.2, 0) is 0 Å². The molecule has 0 unspecified atom stereocenters. The number of aromatic nitrogens is 1. The quantitative estimate of drug-likeness (QED) is 0.529. The van der Waals surface area contributed by atoms with Crippen LogP contribution >= 0.6 is 11.6 Å². The highest BCUT2D eigenvalue weighted by Gasteiger charge is 2.07. The van der Waals surface area contributed by atoms with Crippen LogP contribution < -0.4 is 0 Å². The molecule has 0 amide bonds. The van der Waals surface area contributed by atoms with Crippen molar-refractivity contribution < 1.29 is 4.79 Å². The monoisotopic (exact) mass is 205 g/mol. The Hall–Kier alpha value is -1.41. The van der Waals surface area contributed by atoms with Crippen molar-refractivity contribution in [2.24, 2.45) is 0 Å². The normalized spacial score (nSPS) is 10.4. The highest BCUT2D eigenvalue weighted by molar-refractivity contribution is 6.34. The predicted octanol–water partition coefficient (Wildman–Crippen LogP) is 3.09. The van der Waals surface area contributed by atoms with E-state index in [1.54, 1.807) is 0 Å². The maximum atomic E-state index is 11.3. The lowest BCUT2D eigenvalue weighted by Gasteiger charge is -2.03. The molecule has 0 aliphatic rings. The summed E-state index contributed by atoms with van der Waals surface area (Å²) in [5.41, 5.74) is 0.616. The molecule has 1 aromatic heterocycles. The van der Waals surface area contributed by atoms with Gasteiger partial charge in [0.2, 0.25) is 0 Å². The molecule has 2 aromatic rings. The van der Waals surface area contributed by atoms with Crippen LogP contribution in [0.3, 0.4) is 0 Å². The Morgan fingerprint density at radius 1 is 1.29 bits per heavy atom. The number of carbonyl (C=O) groups excluding carboxylic acids is 1. The van der Waals surface area contributed by atoms with Gasteiger partial charge in [-0.2, -0.15) is 0 Å². The first kappa shape index (κ1) is 9.16. The number of benzene rings is 1. The average molecular weight is 206 g/mol. The lowest BCUT2D eigenvalue weighted by molar-refractivity contribution is 0.101. The number of hydrogen-bond acceptors (Lipinski definition) is 2. The second-order valence-corrected chi connectivity index (χ2v) is 3.42. The number of ketones is 1. The SMILES string of the molecule is CC(=O)c1cnc(Cl)c2ccccc12. The summed E-state index contributed by atoms with van der Waals surface area (Å²) in [6.07, 6.45) is 1.52. The number of hydrogen-bond donors (Lipinski definition) is 0. The van der Waals surface area contributed by atoms with Gasteiger partial charge >= 0.3 is 0 Å². The summed E-state index contributed by atoms with van der Waals surface area (Å²) >= 11 is 5.91. The van der Waals surface area contributed by atoms with Gasteiger partial charge in [-0.3, -0.25) is 4.79 Å². The van der Waals surface area contributed by atoms with Crippen LogP contribution in [0.1, 0.15) is 17.3 Å². The Labute approximate surface area is 86.5 Å². The lowest BCUT2D eigenvalue weighted by atomic mass is 10.1. The van der Waals surface area contributed by atoms with E-state index in [-0.39, 0.29) is 5.78 Å². The summed E-state index contributed by atoms with van der Waals surface area (Å²) in [5, 5.41) is 2.12. The fourth-order valence-electron chi connectivity index (χ4n) is 1.44. The second-order valence-electron chi connectivity index (χ2n) is 3.06. The van der Waals surface area contributed by atoms with Crippen LogP contribution in [0.25, 0.3) is 10.8 Å². The second kappa shape index (κ2) is 3.39. The van der Waals surface area contributed by atoms with Crippen molar-refractivity contribution in [3.05, 3.63) is 41.2 Å². The first-order valence-corrected chi connectivity index (χ1v) is 4.62. The molecule has 1 heterocycles. The number of rotatable bonds is 1. The van der Waals surface area contributed by atoms with Crippen LogP contribution in [0.2, 0.25) is 5.15 Å². The predicted molar refractivity (Wildman–Crippen MR) is 56.8 cm³/mol. The molecule has 14 heavy (non-hydrogen) atoms. The minimum Gasteiger partial charge on any atom is -0.294 e. The summed E-state index contributed by atoms with van der Waals surface area (Å²) < 4.78 is 0. The van der Waals surface area contributed by atoms with E-state index in [2.05, 4.69) is 4.98 Å². The van der Waals surface area contributed by atoms with Crippen molar-refractivity contribution in [3.63, 3.8) is 0 Å². The van der Waals surface area contributed by atoms with Gasteiger partial charge in [-0.25, -0.2) is 4.98 Å². The summed E-state index contributed by atoms with van der Waals surface area (Å²) in [7, 11) is 0. The Bertz CT molecular complexity index is 508. The van der Waals surface area contributed by atoms with E-state index in [1.165, 1.54) is 13.1 Å². The molecule has 0 saturated heterocycles. The van der Waals surface area contributed by atoms with Gasteiger partial charge in [-0.15, -0.1) is 0 Å². The van der Waals surface area contributed by atoms with Crippen LogP contribution in [0, 0.1) is 0 Å². The zero-order chi connectivity index (χ0) is 10.1. The van der Waals surface area contributed by atoms with Gasteiger partial charge in [0.15, 0.2) is 5.78 Å². The van der Waals surface area contributed by atoms with Crippen molar-refractivity contribution in [2.75, 3.05) is 0 Å². The number of nitrogens with zero attached hydrogens (tertiary/aromatic N) is 1. The third kappa shape index (κ3) is 1.38. The van der Waals surface area contributed by atoms with Crippen molar-refractivity contribution >= 4 is 28.2 Å². The van der Waals surface area contributed by atoms with Gasteiger partial charge in [0, 0.05) is 17.1 Å². The van der Waals surface area contributed by atoms with E-state index in [0.717, 1.165) is 10.8 Å². The van der Waals surface area contributed by atoms with Gasteiger partial charge < -0.3 is 0 Å². The average Bonchev–Trinajstić information content (AvgIpc) is 2.18. The smallest absolute Gasteiger partial charge is 0.161 e.